The van der Waals surface area contributed by atoms with Gasteiger partial charge in [0.1, 0.15) is 11.7 Å². The summed E-state index contributed by atoms with van der Waals surface area (Å²) in [6.45, 7) is 3.20. The fourth-order valence-corrected chi connectivity index (χ4v) is 3.08. The summed E-state index contributed by atoms with van der Waals surface area (Å²) < 4.78 is 10.9. The van der Waals surface area contributed by atoms with E-state index in [-0.39, 0.29) is 0 Å². The zero-order valence-corrected chi connectivity index (χ0v) is 15.0. The molecule has 0 aromatic carbocycles. The molecular weight excluding hydrogens is 344 g/mol. The van der Waals surface area contributed by atoms with Gasteiger partial charge in [0.2, 0.25) is 0 Å². The topological polar surface area (TPSA) is 95.2 Å². The lowest BCUT2D eigenvalue weighted by molar-refractivity contribution is 0.0541. The summed E-state index contributed by atoms with van der Waals surface area (Å²) >= 11 is 3.15. The van der Waals surface area contributed by atoms with Crippen LogP contribution in [0.15, 0.2) is 45.0 Å². The molecule has 2 rings (SSSR count). The minimum absolute atomic E-state index is 0.526. The molecule has 6 nitrogen and oxygen atoms in total. The second-order valence-electron chi connectivity index (χ2n) is 4.71. The third-order valence-corrected chi connectivity index (χ3v) is 4.74. The number of hydrogen-bond donors (Lipinski definition) is 2. The summed E-state index contributed by atoms with van der Waals surface area (Å²) in [6.07, 6.45) is 0. The maximum Gasteiger partial charge on any atom is 0.135 e. The largest absolute Gasteiger partial charge is 0.383 e. The van der Waals surface area contributed by atoms with Crippen molar-refractivity contribution in [3.63, 3.8) is 0 Å². The van der Waals surface area contributed by atoms with Crippen molar-refractivity contribution in [1.29, 1.82) is 0 Å². The summed E-state index contributed by atoms with van der Waals surface area (Å²) in [6, 6.07) is 7.81. The van der Waals surface area contributed by atoms with Gasteiger partial charge in [0.05, 0.1) is 49.3 Å². The van der Waals surface area contributed by atoms with Gasteiger partial charge in [0.25, 0.3) is 0 Å². The molecule has 0 radical (unpaired) electrons. The molecular formula is C16H22N4O2S2. The molecule has 0 aliphatic rings. The van der Waals surface area contributed by atoms with E-state index in [2.05, 4.69) is 9.98 Å². The number of amidine groups is 2. The Labute approximate surface area is 149 Å². The summed E-state index contributed by atoms with van der Waals surface area (Å²) in [7, 11) is 0. The number of aliphatic imine (C=N–C) groups is 2. The minimum atomic E-state index is 0.526. The summed E-state index contributed by atoms with van der Waals surface area (Å²) in [5.74, 6) is 1.12. The Morgan fingerprint density at radius 3 is 1.62 bits per heavy atom. The van der Waals surface area contributed by atoms with Crippen molar-refractivity contribution in [2.75, 3.05) is 39.5 Å². The van der Waals surface area contributed by atoms with Crippen molar-refractivity contribution in [3.8, 4) is 0 Å². The molecule has 0 spiro atoms. The van der Waals surface area contributed by atoms with Crippen LogP contribution >= 0.6 is 22.7 Å². The predicted molar refractivity (Wildman–Crippen MR) is 101 cm³/mol. The normalized spacial score (nSPS) is 12.7. The fraction of sp³-hybridized carbons (Fsp3) is 0.375. The van der Waals surface area contributed by atoms with Crippen molar-refractivity contribution < 1.29 is 9.47 Å². The summed E-state index contributed by atoms with van der Waals surface area (Å²) in [5.41, 5.74) is 11.7. The molecule has 0 amide bonds. The van der Waals surface area contributed by atoms with Crippen LogP contribution < -0.4 is 11.5 Å². The van der Waals surface area contributed by atoms with E-state index in [1.165, 1.54) is 0 Å². The van der Waals surface area contributed by atoms with Gasteiger partial charge in [0.15, 0.2) is 0 Å². The Kier molecular flexibility index (Phi) is 8.47. The average Bonchev–Trinajstić information content (AvgIpc) is 3.29. The average molecular weight is 367 g/mol. The van der Waals surface area contributed by atoms with Crippen LogP contribution in [0.5, 0.6) is 0 Å². The molecule has 0 bridgehead atoms. The number of thiophene rings is 2. The van der Waals surface area contributed by atoms with E-state index in [4.69, 9.17) is 20.9 Å². The van der Waals surface area contributed by atoms with Crippen molar-refractivity contribution in [2.45, 2.75) is 0 Å². The first kappa shape index (κ1) is 18.6. The lowest BCUT2D eigenvalue weighted by Crippen LogP contribution is -2.15. The Morgan fingerprint density at radius 1 is 0.792 bits per heavy atom. The molecule has 2 heterocycles. The molecule has 0 fully saturated rings. The van der Waals surface area contributed by atoms with Gasteiger partial charge in [-0.25, -0.2) is 0 Å². The highest BCUT2D eigenvalue weighted by Gasteiger charge is 1.99. The third-order valence-electron chi connectivity index (χ3n) is 2.95. The smallest absolute Gasteiger partial charge is 0.135 e. The van der Waals surface area contributed by atoms with E-state index in [1.54, 1.807) is 22.7 Å². The molecule has 2 aromatic rings. The zero-order valence-electron chi connectivity index (χ0n) is 13.4. The van der Waals surface area contributed by atoms with Crippen LogP contribution in [0.4, 0.5) is 0 Å². The molecule has 4 N–H and O–H groups in total. The van der Waals surface area contributed by atoms with Gasteiger partial charge in [-0.05, 0) is 22.9 Å². The maximum atomic E-state index is 5.85. The molecule has 0 atom stereocenters. The summed E-state index contributed by atoms with van der Waals surface area (Å²) in [5, 5.41) is 3.95. The Bertz CT molecular complexity index is 568. The Hall–Kier alpha value is -1.74. The van der Waals surface area contributed by atoms with Gasteiger partial charge in [-0.1, -0.05) is 12.1 Å². The number of hydrogen-bond acceptors (Lipinski definition) is 6. The van der Waals surface area contributed by atoms with Gasteiger partial charge in [0, 0.05) is 0 Å². The van der Waals surface area contributed by atoms with Crippen LogP contribution in [0, 0.1) is 0 Å². The van der Waals surface area contributed by atoms with Gasteiger partial charge in [-0.2, -0.15) is 0 Å². The van der Waals surface area contributed by atoms with Crippen LogP contribution in [0.25, 0.3) is 0 Å². The molecule has 0 saturated heterocycles. The molecule has 2 aromatic heterocycles. The number of ether oxygens (including phenoxy) is 2. The maximum absolute atomic E-state index is 5.85. The van der Waals surface area contributed by atoms with E-state index < -0.39 is 0 Å². The first-order chi connectivity index (χ1) is 11.8. The van der Waals surface area contributed by atoms with E-state index in [9.17, 15) is 0 Å². The molecule has 0 aliphatic carbocycles. The molecule has 24 heavy (non-hydrogen) atoms. The van der Waals surface area contributed by atoms with Crippen LogP contribution in [0.1, 0.15) is 9.75 Å². The molecule has 8 heteroatoms. The molecule has 0 aliphatic heterocycles. The first-order valence-electron chi connectivity index (χ1n) is 7.60. The van der Waals surface area contributed by atoms with Crippen LogP contribution in [0.2, 0.25) is 0 Å². The molecule has 0 saturated carbocycles. The molecule has 0 unspecified atom stereocenters. The Balaban J connectivity index is 1.46. The lowest BCUT2D eigenvalue weighted by Gasteiger charge is -2.04. The van der Waals surface area contributed by atoms with E-state index in [1.807, 2.05) is 35.0 Å². The predicted octanol–water partition coefficient (Wildman–Crippen LogP) is 1.95. The van der Waals surface area contributed by atoms with Crippen LogP contribution in [-0.4, -0.2) is 51.2 Å². The van der Waals surface area contributed by atoms with Gasteiger partial charge in [-0.15, -0.1) is 22.7 Å². The van der Waals surface area contributed by atoms with Crippen molar-refractivity contribution in [3.05, 3.63) is 44.8 Å². The second-order valence-corrected chi connectivity index (χ2v) is 6.61. The first-order valence-corrected chi connectivity index (χ1v) is 9.36. The lowest BCUT2D eigenvalue weighted by atomic mass is 10.4. The standard InChI is InChI=1S/C16H22N4O2S2/c17-15(13-3-1-11-23-13)19-5-7-21-9-10-22-8-6-20-16(18)14-4-2-12-24-14/h1-4,11-12H,5-10H2,(H2,17,19)(H2,18,20). The van der Waals surface area contributed by atoms with E-state index in [0.29, 0.717) is 51.2 Å². The third kappa shape index (κ3) is 6.79. The van der Waals surface area contributed by atoms with Crippen molar-refractivity contribution in [2.24, 2.45) is 21.5 Å². The quantitative estimate of drug-likeness (QED) is 0.361. The van der Waals surface area contributed by atoms with Gasteiger partial charge >= 0.3 is 0 Å². The minimum Gasteiger partial charge on any atom is -0.383 e. The number of nitrogens with zero attached hydrogens (tertiary/aromatic N) is 2. The van der Waals surface area contributed by atoms with Crippen molar-refractivity contribution >= 4 is 34.3 Å². The highest BCUT2D eigenvalue weighted by Crippen LogP contribution is 2.08. The Morgan fingerprint density at radius 2 is 1.25 bits per heavy atom. The number of rotatable bonds is 11. The fourth-order valence-electron chi connectivity index (χ4n) is 1.79. The second kappa shape index (κ2) is 10.9. The number of nitrogens with two attached hydrogens (primary N) is 2. The van der Waals surface area contributed by atoms with Crippen molar-refractivity contribution in [1.82, 2.24) is 0 Å². The van der Waals surface area contributed by atoms with Gasteiger partial charge < -0.3 is 20.9 Å². The van der Waals surface area contributed by atoms with E-state index in [0.717, 1.165) is 9.75 Å². The highest BCUT2D eigenvalue weighted by atomic mass is 32.1. The summed E-state index contributed by atoms with van der Waals surface area (Å²) in [4.78, 5) is 10.5. The van der Waals surface area contributed by atoms with Gasteiger partial charge in [-0.3, -0.25) is 9.98 Å². The SMILES string of the molecule is NC(=NCCOCCOCCN=C(N)c1cccs1)c1cccs1. The monoisotopic (exact) mass is 366 g/mol. The van der Waals surface area contributed by atoms with E-state index >= 15 is 0 Å². The van der Waals surface area contributed by atoms with Crippen LogP contribution in [0.3, 0.4) is 0 Å². The molecule has 130 valence electrons. The van der Waals surface area contributed by atoms with Crippen LogP contribution in [-0.2, 0) is 9.47 Å². The zero-order chi connectivity index (χ0) is 17.0. The highest BCUT2D eigenvalue weighted by molar-refractivity contribution is 7.12.